The third-order valence-corrected chi connectivity index (χ3v) is 7.41. The Morgan fingerprint density at radius 3 is 2.60 bits per heavy atom. The molecular weight excluding hydrogens is 544 g/mol. The highest BCUT2D eigenvalue weighted by atomic mass is 16.6. The molecule has 2 aromatic carbocycles. The molecular formula is C32H36N8O3. The second kappa shape index (κ2) is 11.0. The smallest absolute Gasteiger partial charge is 0.410 e. The lowest BCUT2D eigenvalue weighted by Gasteiger charge is -2.40. The van der Waals surface area contributed by atoms with Gasteiger partial charge in [0.25, 0.3) is 0 Å². The number of benzene rings is 2. The summed E-state index contributed by atoms with van der Waals surface area (Å²) in [5.41, 5.74) is 4.64. The van der Waals surface area contributed by atoms with Crippen molar-refractivity contribution in [3.63, 3.8) is 0 Å². The molecule has 43 heavy (non-hydrogen) atoms. The maximum absolute atomic E-state index is 12.7. The first-order valence-corrected chi connectivity index (χ1v) is 14.4. The highest BCUT2D eigenvalue weighted by Gasteiger charge is 2.31. The molecule has 0 radical (unpaired) electrons. The minimum atomic E-state index is -0.530. The first kappa shape index (κ1) is 28.2. The molecule has 1 aliphatic heterocycles. The molecule has 1 aliphatic rings. The number of hydrogen-bond donors (Lipinski definition) is 1. The summed E-state index contributed by atoms with van der Waals surface area (Å²) in [6, 6.07) is 15.7. The van der Waals surface area contributed by atoms with Gasteiger partial charge in [-0.3, -0.25) is 0 Å². The molecule has 1 fully saturated rings. The van der Waals surface area contributed by atoms with Crippen LogP contribution in [0.15, 0.2) is 61.2 Å². The van der Waals surface area contributed by atoms with Gasteiger partial charge in [-0.2, -0.15) is 0 Å². The number of aromatic nitrogens is 5. The van der Waals surface area contributed by atoms with E-state index in [0.717, 1.165) is 45.1 Å². The van der Waals surface area contributed by atoms with E-state index in [9.17, 15) is 4.79 Å². The van der Waals surface area contributed by atoms with Gasteiger partial charge in [-0.15, -0.1) is 0 Å². The van der Waals surface area contributed by atoms with Gasteiger partial charge in [-0.25, -0.2) is 24.7 Å². The molecule has 5 aromatic rings. The third kappa shape index (κ3) is 6.01. The van der Waals surface area contributed by atoms with Gasteiger partial charge in [0, 0.05) is 44.5 Å². The Hall–Kier alpha value is -4.93. The van der Waals surface area contributed by atoms with Crippen LogP contribution in [0.5, 0.6) is 11.5 Å². The number of pyridine rings is 1. The van der Waals surface area contributed by atoms with Crippen LogP contribution in [0.1, 0.15) is 33.3 Å². The highest BCUT2D eigenvalue weighted by molar-refractivity contribution is 5.88. The number of aryl methyl sites for hydroxylation is 2. The van der Waals surface area contributed by atoms with Crippen LogP contribution in [-0.2, 0) is 11.8 Å². The normalized spacial score (nSPS) is 15.6. The maximum atomic E-state index is 12.7. The fraction of sp³-hybridized carbons (Fsp3) is 0.344. The van der Waals surface area contributed by atoms with Gasteiger partial charge in [0.2, 0.25) is 0 Å². The van der Waals surface area contributed by atoms with E-state index in [0.29, 0.717) is 31.0 Å². The molecule has 1 atom stereocenters. The molecule has 11 nitrogen and oxygen atoms in total. The summed E-state index contributed by atoms with van der Waals surface area (Å²) >= 11 is 0. The fourth-order valence-electron chi connectivity index (χ4n) is 5.24. The third-order valence-electron chi connectivity index (χ3n) is 7.41. The molecule has 0 bridgehead atoms. The van der Waals surface area contributed by atoms with Crippen LogP contribution in [-0.4, -0.2) is 66.8 Å². The molecule has 0 spiro atoms. The van der Waals surface area contributed by atoms with Gasteiger partial charge >= 0.3 is 6.09 Å². The minimum absolute atomic E-state index is 0.0275. The molecule has 1 amide bonds. The van der Waals surface area contributed by atoms with Crippen molar-refractivity contribution in [2.24, 2.45) is 7.05 Å². The van der Waals surface area contributed by atoms with Crippen LogP contribution in [0.3, 0.4) is 0 Å². The number of piperazine rings is 1. The summed E-state index contributed by atoms with van der Waals surface area (Å²) in [5, 5.41) is 3.42. The second-order valence-corrected chi connectivity index (χ2v) is 11.9. The average molecular weight is 581 g/mol. The zero-order valence-electron chi connectivity index (χ0n) is 25.3. The van der Waals surface area contributed by atoms with Gasteiger partial charge in [0.05, 0.1) is 22.9 Å². The molecule has 0 unspecified atom stereocenters. The number of nitrogens with zero attached hydrogens (tertiary/aromatic N) is 7. The van der Waals surface area contributed by atoms with Crippen molar-refractivity contribution >= 4 is 45.5 Å². The van der Waals surface area contributed by atoms with Gasteiger partial charge in [-0.1, -0.05) is 0 Å². The first-order valence-electron chi connectivity index (χ1n) is 14.4. The van der Waals surface area contributed by atoms with Crippen LogP contribution in [0.4, 0.5) is 22.1 Å². The van der Waals surface area contributed by atoms with Crippen molar-refractivity contribution in [1.82, 2.24) is 29.4 Å². The SMILES string of the molecule is Cc1cc(Nc2ncnc3ccc(N4CCN(C(=O)OC(C)(C)C)[C@H](C)C4)nc23)ccc1Oc1ccc2c(c1)ncn2C. The standard InChI is InChI=1S/C32H36N8O3/c1-20-15-22(7-11-27(20)42-23-8-10-26-25(16-23)35-19-38(26)6)36-30-29-24(33-18-34-30)9-12-28(37-29)39-13-14-40(21(2)17-39)31(41)43-32(3,4)5/h7-12,15-16,18-19,21H,13-14,17H2,1-6H3,(H,33,34,36)/t21-/m1/s1. The topological polar surface area (TPSA) is 111 Å². The van der Waals surface area contributed by atoms with E-state index in [2.05, 4.69) is 25.2 Å². The second-order valence-electron chi connectivity index (χ2n) is 11.9. The number of carbonyl (C=O) groups is 1. The number of fused-ring (bicyclic) bond motifs is 2. The van der Waals surface area contributed by atoms with Gasteiger partial charge in [0.15, 0.2) is 5.82 Å². The quantitative estimate of drug-likeness (QED) is 0.260. The number of anilines is 3. The summed E-state index contributed by atoms with van der Waals surface area (Å²) in [6.07, 6.45) is 3.04. The number of rotatable bonds is 5. The number of imidazole rings is 1. The molecule has 0 aliphatic carbocycles. The summed E-state index contributed by atoms with van der Waals surface area (Å²) in [7, 11) is 1.97. The lowest BCUT2D eigenvalue weighted by Crippen LogP contribution is -2.55. The summed E-state index contributed by atoms with van der Waals surface area (Å²) in [6.45, 7) is 11.5. The van der Waals surface area contributed by atoms with Crippen molar-refractivity contribution in [2.75, 3.05) is 29.9 Å². The average Bonchev–Trinajstić information content (AvgIpc) is 3.33. The van der Waals surface area contributed by atoms with E-state index in [1.54, 1.807) is 11.2 Å². The van der Waals surface area contributed by atoms with Gasteiger partial charge in [0.1, 0.15) is 34.8 Å². The summed E-state index contributed by atoms with van der Waals surface area (Å²) in [4.78, 5) is 35.0. The van der Waals surface area contributed by atoms with Crippen LogP contribution in [0, 0.1) is 6.92 Å². The number of amides is 1. The van der Waals surface area contributed by atoms with E-state index in [-0.39, 0.29) is 12.1 Å². The van der Waals surface area contributed by atoms with Crippen molar-refractivity contribution < 1.29 is 14.3 Å². The van der Waals surface area contributed by atoms with E-state index in [1.165, 1.54) is 6.33 Å². The molecule has 222 valence electrons. The largest absolute Gasteiger partial charge is 0.457 e. The number of ether oxygens (including phenoxy) is 2. The molecule has 1 saturated heterocycles. The molecule has 3 aromatic heterocycles. The number of carbonyl (C=O) groups excluding carboxylic acids is 1. The molecule has 4 heterocycles. The Bertz CT molecular complexity index is 1810. The van der Waals surface area contributed by atoms with Gasteiger partial charge in [-0.05, 0) is 82.6 Å². The predicted molar refractivity (Wildman–Crippen MR) is 167 cm³/mol. The van der Waals surface area contributed by atoms with Gasteiger partial charge < -0.3 is 29.2 Å². The monoisotopic (exact) mass is 580 g/mol. The molecule has 6 rings (SSSR count). The number of hydrogen-bond acceptors (Lipinski definition) is 9. The first-order chi connectivity index (χ1) is 20.5. The number of nitrogens with one attached hydrogen (secondary N) is 1. The van der Waals surface area contributed by atoms with Crippen molar-refractivity contribution in [3.8, 4) is 11.5 Å². The lowest BCUT2D eigenvalue weighted by molar-refractivity contribution is 0.0158. The Kier molecular flexibility index (Phi) is 7.25. The minimum Gasteiger partial charge on any atom is -0.457 e. The fourth-order valence-corrected chi connectivity index (χ4v) is 5.24. The Labute approximate surface area is 250 Å². The highest BCUT2D eigenvalue weighted by Crippen LogP contribution is 2.31. The van der Waals surface area contributed by atoms with E-state index < -0.39 is 5.60 Å². The van der Waals surface area contributed by atoms with Crippen molar-refractivity contribution in [2.45, 2.75) is 46.3 Å². The Balaban J connectivity index is 1.18. The molecule has 1 N–H and O–H groups in total. The van der Waals surface area contributed by atoms with Crippen LogP contribution in [0.25, 0.3) is 22.1 Å². The Morgan fingerprint density at radius 2 is 1.84 bits per heavy atom. The van der Waals surface area contributed by atoms with E-state index in [1.807, 2.05) is 94.8 Å². The van der Waals surface area contributed by atoms with Crippen LogP contribution < -0.4 is 15.0 Å². The molecule has 0 saturated carbocycles. The van der Waals surface area contributed by atoms with Crippen LogP contribution >= 0.6 is 0 Å². The van der Waals surface area contributed by atoms with Crippen molar-refractivity contribution in [3.05, 3.63) is 66.7 Å². The Morgan fingerprint density at radius 1 is 1.00 bits per heavy atom. The van der Waals surface area contributed by atoms with E-state index >= 15 is 0 Å². The predicted octanol–water partition coefficient (Wildman–Crippen LogP) is 6.20. The van der Waals surface area contributed by atoms with Crippen LogP contribution in [0.2, 0.25) is 0 Å². The van der Waals surface area contributed by atoms with Crippen molar-refractivity contribution in [1.29, 1.82) is 0 Å². The zero-order chi connectivity index (χ0) is 30.3. The molecule has 11 heteroatoms. The summed E-state index contributed by atoms with van der Waals surface area (Å²) < 4.78 is 13.8. The summed E-state index contributed by atoms with van der Waals surface area (Å²) in [5.74, 6) is 2.91. The zero-order valence-corrected chi connectivity index (χ0v) is 25.3. The maximum Gasteiger partial charge on any atom is 0.410 e. The lowest BCUT2D eigenvalue weighted by atomic mass is 10.2. The van der Waals surface area contributed by atoms with E-state index in [4.69, 9.17) is 14.5 Å².